The van der Waals surface area contributed by atoms with Gasteiger partial charge in [-0.2, -0.15) is 0 Å². The van der Waals surface area contributed by atoms with Crippen LogP contribution in [-0.4, -0.2) is 49.3 Å². The topological polar surface area (TPSA) is 59.0 Å². The Hall–Kier alpha value is -1.75. The van der Waals surface area contributed by atoms with Gasteiger partial charge in [-0.25, -0.2) is 0 Å². The lowest BCUT2D eigenvalue weighted by Crippen LogP contribution is -2.39. The first-order valence-corrected chi connectivity index (χ1v) is 7.29. The summed E-state index contributed by atoms with van der Waals surface area (Å²) in [5, 5.41) is 9.30. The number of carbonyl (C=O) groups excluding carboxylic acids is 1. The standard InChI is InChI=1S/C16H23NO4/c1-4-21-14-6-5-12(9-15(14)20-3)16(19)17(2)10-11-7-13(18)8-11/h5-6,9,11,13,18H,4,7-8,10H2,1-3H3. The second kappa shape index (κ2) is 6.80. The monoisotopic (exact) mass is 293 g/mol. The van der Waals surface area contributed by atoms with Gasteiger partial charge in [0.2, 0.25) is 0 Å². The van der Waals surface area contributed by atoms with Crippen molar-refractivity contribution in [2.75, 3.05) is 27.3 Å². The molecule has 1 fully saturated rings. The Balaban J connectivity index is 2.04. The molecule has 5 nitrogen and oxygen atoms in total. The molecular formula is C16H23NO4. The van der Waals surface area contributed by atoms with Crippen LogP contribution >= 0.6 is 0 Å². The number of methoxy groups -OCH3 is 1. The lowest BCUT2D eigenvalue weighted by Gasteiger charge is -2.34. The van der Waals surface area contributed by atoms with E-state index in [1.165, 1.54) is 0 Å². The van der Waals surface area contributed by atoms with Gasteiger partial charge in [-0.05, 0) is 43.9 Å². The molecule has 0 spiro atoms. The number of benzene rings is 1. The Morgan fingerprint density at radius 1 is 1.38 bits per heavy atom. The fraction of sp³-hybridized carbons (Fsp3) is 0.562. The lowest BCUT2D eigenvalue weighted by atomic mass is 9.82. The van der Waals surface area contributed by atoms with E-state index >= 15 is 0 Å². The minimum atomic E-state index is -0.191. The van der Waals surface area contributed by atoms with Crippen LogP contribution in [-0.2, 0) is 0 Å². The van der Waals surface area contributed by atoms with Crippen molar-refractivity contribution < 1.29 is 19.4 Å². The second-order valence-corrected chi connectivity index (χ2v) is 5.48. The number of aliphatic hydroxyl groups is 1. The van der Waals surface area contributed by atoms with E-state index in [4.69, 9.17) is 9.47 Å². The summed E-state index contributed by atoms with van der Waals surface area (Å²) in [6.07, 6.45) is 1.37. The van der Waals surface area contributed by atoms with Gasteiger partial charge in [-0.1, -0.05) is 0 Å². The van der Waals surface area contributed by atoms with Gasteiger partial charge in [-0.3, -0.25) is 4.79 Å². The van der Waals surface area contributed by atoms with Crippen molar-refractivity contribution in [1.29, 1.82) is 0 Å². The normalized spacial score (nSPS) is 20.6. The number of amides is 1. The second-order valence-electron chi connectivity index (χ2n) is 5.48. The van der Waals surface area contributed by atoms with Crippen LogP contribution in [0.15, 0.2) is 18.2 Å². The molecule has 21 heavy (non-hydrogen) atoms. The van der Waals surface area contributed by atoms with Gasteiger partial charge < -0.3 is 19.5 Å². The maximum Gasteiger partial charge on any atom is 0.253 e. The summed E-state index contributed by atoms with van der Waals surface area (Å²) in [4.78, 5) is 14.1. The van der Waals surface area contributed by atoms with Crippen LogP contribution in [0.5, 0.6) is 11.5 Å². The maximum absolute atomic E-state index is 12.4. The molecule has 5 heteroatoms. The fourth-order valence-corrected chi connectivity index (χ4v) is 2.62. The molecule has 1 aliphatic rings. The van der Waals surface area contributed by atoms with E-state index in [-0.39, 0.29) is 12.0 Å². The van der Waals surface area contributed by atoms with Crippen molar-refractivity contribution in [3.8, 4) is 11.5 Å². The van der Waals surface area contributed by atoms with Gasteiger partial charge in [0.15, 0.2) is 11.5 Å². The molecule has 1 saturated carbocycles. The number of hydrogen-bond donors (Lipinski definition) is 1. The van der Waals surface area contributed by atoms with Crippen molar-refractivity contribution in [3.63, 3.8) is 0 Å². The van der Waals surface area contributed by atoms with Crippen molar-refractivity contribution in [1.82, 2.24) is 4.90 Å². The zero-order valence-electron chi connectivity index (χ0n) is 12.8. The molecule has 2 rings (SSSR count). The van der Waals surface area contributed by atoms with E-state index in [9.17, 15) is 9.90 Å². The van der Waals surface area contributed by atoms with Crippen molar-refractivity contribution in [2.24, 2.45) is 5.92 Å². The number of nitrogens with zero attached hydrogens (tertiary/aromatic N) is 1. The van der Waals surface area contributed by atoms with E-state index in [1.807, 2.05) is 6.92 Å². The molecule has 0 unspecified atom stereocenters. The molecule has 0 atom stereocenters. The summed E-state index contributed by atoms with van der Waals surface area (Å²) in [7, 11) is 3.35. The Labute approximate surface area is 125 Å². The largest absolute Gasteiger partial charge is 0.493 e. The molecule has 0 aliphatic heterocycles. The van der Waals surface area contributed by atoms with Gasteiger partial charge in [-0.15, -0.1) is 0 Å². The van der Waals surface area contributed by atoms with Gasteiger partial charge in [0.05, 0.1) is 19.8 Å². The first-order valence-electron chi connectivity index (χ1n) is 7.29. The van der Waals surface area contributed by atoms with E-state index in [2.05, 4.69) is 0 Å². The summed E-state index contributed by atoms with van der Waals surface area (Å²) >= 11 is 0. The van der Waals surface area contributed by atoms with E-state index in [0.717, 1.165) is 12.8 Å². The van der Waals surface area contributed by atoms with Crippen molar-refractivity contribution in [2.45, 2.75) is 25.9 Å². The fourth-order valence-electron chi connectivity index (χ4n) is 2.62. The van der Waals surface area contributed by atoms with Gasteiger partial charge in [0.1, 0.15) is 0 Å². The van der Waals surface area contributed by atoms with Crippen LogP contribution in [0.3, 0.4) is 0 Å². The number of ether oxygens (including phenoxy) is 2. The Morgan fingerprint density at radius 3 is 2.67 bits per heavy atom. The smallest absolute Gasteiger partial charge is 0.253 e. The Kier molecular flexibility index (Phi) is 5.07. The van der Waals surface area contributed by atoms with Gasteiger partial charge in [0, 0.05) is 19.2 Å². The van der Waals surface area contributed by atoms with Crippen LogP contribution in [0.2, 0.25) is 0 Å². The summed E-state index contributed by atoms with van der Waals surface area (Å²) in [6, 6.07) is 5.22. The third-order valence-electron chi connectivity index (χ3n) is 3.80. The Bertz CT molecular complexity index is 497. The van der Waals surface area contributed by atoms with E-state index < -0.39 is 0 Å². The molecule has 1 amide bonds. The highest BCUT2D eigenvalue weighted by atomic mass is 16.5. The maximum atomic E-state index is 12.4. The molecule has 1 N–H and O–H groups in total. The molecule has 1 aromatic carbocycles. The SMILES string of the molecule is CCOc1ccc(C(=O)N(C)CC2CC(O)C2)cc1OC. The zero-order chi connectivity index (χ0) is 15.4. The molecule has 0 radical (unpaired) electrons. The lowest BCUT2D eigenvalue weighted by molar-refractivity contribution is 0.0265. The third kappa shape index (κ3) is 3.67. The minimum absolute atomic E-state index is 0.0438. The molecule has 0 bridgehead atoms. The molecule has 116 valence electrons. The average Bonchev–Trinajstić information content (AvgIpc) is 2.45. The molecular weight excluding hydrogens is 270 g/mol. The number of hydrogen-bond acceptors (Lipinski definition) is 4. The van der Waals surface area contributed by atoms with Crippen LogP contribution in [0.25, 0.3) is 0 Å². The first-order chi connectivity index (χ1) is 10.0. The molecule has 1 aliphatic carbocycles. The number of aliphatic hydroxyl groups excluding tert-OH is 1. The summed E-state index contributed by atoms with van der Waals surface area (Å²) in [6.45, 7) is 3.12. The molecule has 0 heterocycles. The van der Waals surface area contributed by atoms with Crippen LogP contribution in [0.4, 0.5) is 0 Å². The quantitative estimate of drug-likeness (QED) is 0.871. The highest BCUT2D eigenvalue weighted by molar-refractivity contribution is 5.94. The molecule has 1 aromatic rings. The minimum Gasteiger partial charge on any atom is -0.493 e. The van der Waals surface area contributed by atoms with Gasteiger partial charge >= 0.3 is 0 Å². The predicted octanol–water partition coefficient (Wildman–Crippen LogP) is 1.94. The summed E-state index contributed by atoms with van der Waals surface area (Å²) in [5.74, 6) is 1.56. The Morgan fingerprint density at radius 2 is 2.10 bits per heavy atom. The average molecular weight is 293 g/mol. The van der Waals surface area contributed by atoms with Gasteiger partial charge in [0.25, 0.3) is 5.91 Å². The van der Waals surface area contributed by atoms with Crippen LogP contribution in [0.1, 0.15) is 30.1 Å². The van der Waals surface area contributed by atoms with E-state index in [0.29, 0.717) is 36.1 Å². The van der Waals surface area contributed by atoms with E-state index in [1.54, 1.807) is 37.3 Å². The molecule has 0 saturated heterocycles. The van der Waals surface area contributed by atoms with Crippen LogP contribution in [0, 0.1) is 5.92 Å². The number of carbonyl (C=O) groups is 1. The summed E-state index contributed by atoms with van der Waals surface area (Å²) in [5.41, 5.74) is 0.581. The highest BCUT2D eigenvalue weighted by Crippen LogP contribution is 2.30. The van der Waals surface area contributed by atoms with Crippen LogP contribution < -0.4 is 9.47 Å². The molecule has 0 aromatic heterocycles. The van der Waals surface area contributed by atoms with Crippen molar-refractivity contribution >= 4 is 5.91 Å². The zero-order valence-corrected chi connectivity index (χ0v) is 12.8. The van der Waals surface area contributed by atoms with Crippen molar-refractivity contribution in [3.05, 3.63) is 23.8 Å². The number of rotatable bonds is 6. The first kappa shape index (κ1) is 15.6. The summed E-state index contributed by atoms with van der Waals surface area (Å²) < 4.78 is 10.7. The third-order valence-corrected chi connectivity index (χ3v) is 3.80. The predicted molar refractivity (Wildman–Crippen MR) is 79.9 cm³/mol. The highest BCUT2D eigenvalue weighted by Gasteiger charge is 2.29.